The van der Waals surface area contributed by atoms with Crippen molar-refractivity contribution in [1.82, 2.24) is 20.4 Å². The third-order valence-electron chi connectivity index (χ3n) is 1.74. The molecular weight excluding hydrogens is 180 g/mol. The van der Waals surface area contributed by atoms with Crippen LogP contribution in [0, 0.1) is 13.8 Å². The van der Waals surface area contributed by atoms with Gasteiger partial charge in [0.25, 0.3) is 0 Å². The second-order valence-corrected chi connectivity index (χ2v) is 2.93. The van der Waals surface area contributed by atoms with Crippen molar-refractivity contribution in [1.29, 1.82) is 0 Å². The Labute approximate surface area is 81.7 Å². The molecule has 0 bridgehead atoms. The molecule has 0 aromatic carbocycles. The Kier molecular flexibility index (Phi) is 3.11. The predicted octanol–water partition coefficient (Wildman–Crippen LogP) is 0.601. The van der Waals surface area contributed by atoms with Crippen molar-refractivity contribution in [2.24, 2.45) is 0 Å². The summed E-state index contributed by atoms with van der Waals surface area (Å²) in [5.74, 6) is 1.31. The fraction of sp³-hybridized carbons (Fsp3) is 0.250. The normalized spacial score (nSPS) is 9.29. The van der Waals surface area contributed by atoms with Gasteiger partial charge < -0.3 is 11.5 Å². The minimum absolute atomic E-state index is 0.653. The largest absolute Gasteiger partial charge is 0.384 e. The molecule has 0 spiro atoms. The fourth-order valence-corrected chi connectivity index (χ4v) is 0.713. The minimum atomic E-state index is 0.653. The smallest absolute Gasteiger partial charge is 0.121 e. The maximum Gasteiger partial charge on any atom is 0.121 e. The van der Waals surface area contributed by atoms with E-state index in [1.165, 1.54) is 0 Å². The van der Waals surface area contributed by atoms with Gasteiger partial charge in [-0.05, 0) is 13.8 Å². The molecule has 0 saturated carbocycles. The zero-order chi connectivity index (χ0) is 10.6. The van der Waals surface area contributed by atoms with E-state index in [1.807, 2.05) is 13.8 Å². The van der Waals surface area contributed by atoms with Gasteiger partial charge in [0.2, 0.25) is 0 Å². The van der Waals surface area contributed by atoms with Gasteiger partial charge in [0.1, 0.15) is 11.6 Å². The van der Waals surface area contributed by atoms with Crippen LogP contribution in [-0.2, 0) is 0 Å². The van der Waals surface area contributed by atoms with Crippen LogP contribution in [0.1, 0.15) is 11.1 Å². The van der Waals surface area contributed by atoms with E-state index >= 15 is 0 Å². The second kappa shape index (κ2) is 4.31. The number of anilines is 2. The number of nitrogens with one attached hydrogen (secondary N) is 2. The standard InChI is InChI=1S/2C4H7N3/c2*1-3-2-6-7-4(3)5/h2*2H,1H3,(H3,5,6,7). The molecule has 0 aliphatic rings. The maximum absolute atomic E-state index is 5.32. The van der Waals surface area contributed by atoms with Gasteiger partial charge in [-0.1, -0.05) is 0 Å². The molecule has 0 amide bonds. The summed E-state index contributed by atoms with van der Waals surface area (Å²) in [5.41, 5.74) is 12.6. The molecule has 0 saturated heterocycles. The van der Waals surface area contributed by atoms with Crippen LogP contribution in [0.5, 0.6) is 0 Å². The number of aromatic nitrogens is 4. The number of nitrogen functional groups attached to an aromatic ring is 2. The van der Waals surface area contributed by atoms with Crippen molar-refractivity contribution < 1.29 is 0 Å². The SMILES string of the molecule is Cc1cn[nH]c1N.Cc1cn[nH]c1N. The molecule has 0 fully saturated rings. The summed E-state index contributed by atoms with van der Waals surface area (Å²) in [5, 5.41) is 12.5. The number of aryl methyl sites for hydroxylation is 2. The Morgan fingerprint density at radius 1 is 0.929 bits per heavy atom. The van der Waals surface area contributed by atoms with Gasteiger partial charge >= 0.3 is 0 Å². The lowest BCUT2D eigenvalue weighted by Gasteiger charge is -1.79. The second-order valence-electron chi connectivity index (χ2n) is 2.93. The fourth-order valence-electron chi connectivity index (χ4n) is 0.713. The summed E-state index contributed by atoms with van der Waals surface area (Å²) in [4.78, 5) is 0. The number of nitrogens with zero attached hydrogens (tertiary/aromatic N) is 2. The number of hydrogen-bond donors (Lipinski definition) is 4. The van der Waals surface area contributed by atoms with Crippen LogP contribution in [0.2, 0.25) is 0 Å². The highest BCUT2D eigenvalue weighted by atomic mass is 15.1. The molecule has 0 unspecified atom stereocenters. The molecule has 2 aromatic heterocycles. The highest BCUT2D eigenvalue weighted by Gasteiger charge is 1.88. The first-order valence-corrected chi connectivity index (χ1v) is 4.12. The number of H-pyrrole nitrogens is 2. The van der Waals surface area contributed by atoms with Crippen LogP contribution in [0.4, 0.5) is 11.6 Å². The average molecular weight is 194 g/mol. The Balaban J connectivity index is 0.000000140. The molecule has 2 heterocycles. The molecule has 0 radical (unpaired) electrons. The lowest BCUT2D eigenvalue weighted by Crippen LogP contribution is -1.85. The van der Waals surface area contributed by atoms with E-state index in [1.54, 1.807) is 12.4 Å². The van der Waals surface area contributed by atoms with Crippen molar-refractivity contribution in [2.45, 2.75) is 13.8 Å². The summed E-state index contributed by atoms with van der Waals surface area (Å²) in [6.45, 7) is 3.80. The third kappa shape index (κ3) is 2.51. The van der Waals surface area contributed by atoms with Crippen LogP contribution in [0.15, 0.2) is 12.4 Å². The van der Waals surface area contributed by atoms with E-state index in [2.05, 4.69) is 20.4 Å². The van der Waals surface area contributed by atoms with E-state index < -0.39 is 0 Å². The van der Waals surface area contributed by atoms with E-state index in [4.69, 9.17) is 11.5 Å². The number of nitrogens with two attached hydrogens (primary N) is 2. The summed E-state index contributed by atoms with van der Waals surface area (Å²) in [7, 11) is 0. The lowest BCUT2D eigenvalue weighted by molar-refractivity contribution is 1.10. The number of rotatable bonds is 0. The van der Waals surface area contributed by atoms with E-state index in [0.717, 1.165) is 11.1 Å². The van der Waals surface area contributed by atoms with E-state index in [9.17, 15) is 0 Å². The molecule has 0 atom stereocenters. The molecule has 2 aromatic rings. The first kappa shape index (κ1) is 10.1. The number of hydrogen-bond acceptors (Lipinski definition) is 4. The van der Waals surface area contributed by atoms with Crippen LogP contribution in [0.3, 0.4) is 0 Å². The Hall–Kier alpha value is -1.98. The quantitative estimate of drug-likeness (QED) is 0.492. The molecule has 6 N–H and O–H groups in total. The van der Waals surface area contributed by atoms with Crippen molar-refractivity contribution in [3.8, 4) is 0 Å². The minimum Gasteiger partial charge on any atom is -0.384 e. The van der Waals surface area contributed by atoms with Gasteiger partial charge in [-0.2, -0.15) is 10.2 Å². The Morgan fingerprint density at radius 2 is 1.29 bits per heavy atom. The van der Waals surface area contributed by atoms with Crippen LogP contribution in [0.25, 0.3) is 0 Å². The Bertz CT molecular complexity index is 317. The first-order chi connectivity index (χ1) is 6.61. The monoisotopic (exact) mass is 194 g/mol. The van der Waals surface area contributed by atoms with Crippen molar-refractivity contribution in [3.63, 3.8) is 0 Å². The molecule has 6 nitrogen and oxygen atoms in total. The molecule has 2 rings (SSSR count). The lowest BCUT2D eigenvalue weighted by atomic mass is 10.4. The van der Waals surface area contributed by atoms with Crippen LogP contribution in [-0.4, -0.2) is 20.4 Å². The molecular formula is C8H14N6. The predicted molar refractivity (Wildman–Crippen MR) is 55.5 cm³/mol. The maximum atomic E-state index is 5.32. The van der Waals surface area contributed by atoms with E-state index in [-0.39, 0.29) is 0 Å². The molecule has 14 heavy (non-hydrogen) atoms. The molecule has 0 aliphatic heterocycles. The van der Waals surface area contributed by atoms with Crippen molar-refractivity contribution in [3.05, 3.63) is 23.5 Å². The highest BCUT2D eigenvalue weighted by molar-refractivity contribution is 5.35. The van der Waals surface area contributed by atoms with Gasteiger partial charge in [0.15, 0.2) is 0 Å². The van der Waals surface area contributed by atoms with Crippen LogP contribution < -0.4 is 11.5 Å². The Morgan fingerprint density at radius 3 is 1.36 bits per heavy atom. The van der Waals surface area contributed by atoms with Crippen molar-refractivity contribution in [2.75, 3.05) is 11.5 Å². The zero-order valence-corrected chi connectivity index (χ0v) is 8.20. The first-order valence-electron chi connectivity index (χ1n) is 4.12. The van der Waals surface area contributed by atoms with Gasteiger partial charge in [-0.3, -0.25) is 10.2 Å². The molecule has 6 heteroatoms. The van der Waals surface area contributed by atoms with Crippen LogP contribution >= 0.6 is 0 Å². The topological polar surface area (TPSA) is 109 Å². The third-order valence-corrected chi connectivity index (χ3v) is 1.74. The van der Waals surface area contributed by atoms with Gasteiger partial charge in [0.05, 0.1) is 12.4 Å². The summed E-state index contributed by atoms with van der Waals surface area (Å²) < 4.78 is 0. The summed E-state index contributed by atoms with van der Waals surface area (Å²) >= 11 is 0. The average Bonchev–Trinajstić information content (AvgIpc) is 2.67. The van der Waals surface area contributed by atoms with Gasteiger partial charge in [-0.15, -0.1) is 0 Å². The molecule has 76 valence electrons. The van der Waals surface area contributed by atoms with Gasteiger partial charge in [0, 0.05) is 11.1 Å². The summed E-state index contributed by atoms with van der Waals surface area (Å²) in [6.07, 6.45) is 3.38. The summed E-state index contributed by atoms with van der Waals surface area (Å²) in [6, 6.07) is 0. The zero-order valence-electron chi connectivity index (χ0n) is 8.20. The highest BCUT2D eigenvalue weighted by Crippen LogP contribution is 2.00. The van der Waals surface area contributed by atoms with Gasteiger partial charge in [-0.25, -0.2) is 0 Å². The van der Waals surface area contributed by atoms with E-state index in [0.29, 0.717) is 11.6 Å². The van der Waals surface area contributed by atoms with Crippen molar-refractivity contribution >= 4 is 11.6 Å². The number of aromatic amines is 2. The molecule has 0 aliphatic carbocycles.